The standard InChI is InChI=1S/C15H15NOS2.Na.H/c17-19-15(18)16(11-13-7-3-1-4-8-13)12-14-9-5-2-6-10-14;;/h1-10,17H,11-12H2;;/q;+1;-1. The zero-order valence-corrected chi connectivity index (χ0v) is 15.0. The fourth-order valence-electron chi connectivity index (χ4n) is 1.85. The van der Waals surface area contributed by atoms with Crippen molar-refractivity contribution in [3.05, 3.63) is 71.8 Å². The number of benzene rings is 2. The molecule has 0 aliphatic carbocycles. The molecule has 2 aromatic carbocycles. The van der Waals surface area contributed by atoms with Crippen LogP contribution in [0.1, 0.15) is 12.6 Å². The smallest absolute Gasteiger partial charge is 1.00 e. The molecule has 0 atom stereocenters. The van der Waals surface area contributed by atoms with Crippen molar-refractivity contribution in [1.82, 2.24) is 4.90 Å². The van der Waals surface area contributed by atoms with Gasteiger partial charge in [0.05, 0.1) is 12.0 Å². The predicted molar refractivity (Wildman–Crippen MR) is 86.1 cm³/mol. The van der Waals surface area contributed by atoms with Gasteiger partial charge in [0.2, 0.25) is 0 Å². The number of hydrogen-bond acceptors (Lipinski definition) is 3. The quantitative estimate of drug-likeness (QED) is 0.522. The van der Waals surface area contributed by atoms with Crippen LogP contribution in [0, 0.1) is 0 Å². The van der Waals surface area contributed by atoms with E-state index >= 15 is 0 Å². The molecule has 1 N–H and O–H groups in total. The van der Waals surface area contributed by atoms with Crippen LogP contribution in [0.3, 0.4) is 0 Å². The molecule has 0 heterocycles. The minimum atomic E-state index is 0. The monoisotopic (exact) mass is 313 g/mol. The van der Waals surface area contributed by atoms with Crippen molar-refractivity contribution in [3.8, 4) is 0 Å². The van der Waals surface area contributed by atoms with Crippen molar-refractivity contribution in [2.24, 2.45) is 0 Å². The first-order valence-electron chi connectivity index (χ1n) is 5.98. The van der Waals surface area contributed by atoms with E-state index < -0.39 is 0 Å². The Hall–Kier alpha value is -0.360. The summed E-state index contributed by atoms with van der Waals surface area (Å²) in [5.41, 5.74) is 2.35. The second-order valence-electron chi connectivity index (χ2n) is 4.18. The molecule has 0 spiro atoms. The summed E-state index contributed by atoms with van der Waals surface area (Å²) in [5.74, 6) is 0. The molecule has 0 fully saturated rings. The first kappa shape index (κ1) is 17.7. The van der Waals surface area contributed by atoms with Gasteiger partial charge in [-0.25, -0.2) is 0 Å². The maximum absolute atomic E-state index is 9.20. The van der Waals surface area contributed by atoms with Gasteiger partial charge in [0, 0.05) is 13.1 Å². The van der Waals surface area contributed by atoms with Crippen molar-refractivity contribution in [2.75, 3.05) is 0 Å². The summed E-state index contributed by atoms with van der Waals surface area (Å²) < 4.78 is 9.69. The van der Waals surface area contributed by atoms with E-state index in [9.17, 15) is 4.55 Å². The Labute approximate surface area is 153 Å². The Kier molecular flexibility index (Phi) is 8.45. The average Bonchev–Trinajstić information content (AvgIpc) is 2.48. The largest absolute Gasteiger partial charge is 1.00 e. The van der Waals surface area contributed by atoms with Crippen LogP contribution in [0.4, 0.5) is 0 Å². The molecule has 0 saturated carbocycles. The molecular weight excluding hydrogens is 297 g/mol. The van der Waals surface area contributed by atoms with Crippen LogP contribution in [0.2, 0.25) is 0 Å². The van der Waals surface area contributed by atoms with Gasteiger partial charge in [-0.15, -0.1) is 0 Å². The normalized spacial score (nSPS) is 9.65. The Morgan fingerprint density at radius 1 is 0.950 bits per heavy atom. The third-order valence-corrected chi connectivity index (χ3v) is 3.66. The van der Waals surface area contributed by atoms with Crippen molar-refractivity contribution in [1.29, 1.82) is 0 Å². The van der Waals surface area contributed by atoms with E-state index in [2.05, 4.69) is 24.3 Å². The summed E-state index contributed by atoms with van der Waals surface area (Å²) in [6, 6.07) is 20.2. The molecule has 0 radical (unpaired) electrons. The van der Waals surface area contributed by atoms with E-state index in [1.165, 1.54) is 11.1 Å². The second kappa shape index (κ2) is 9.55. The third-order valence-electron chi connectivity index (χ3n) is 2.77. The molecule has 0 bridgehead atoms. The van der Waals surface area contributed by atoms with Crippen LogP contribution in [0.5, 0.6) is 0 Å². The summed E-state index contributed by atoms with van der Waals surface area (Å²) in [5, 5.41) is 0. The average molecular weight is 313 g/mol. The first-order valence-corrected chi connectivity index (χ1v) is 7.16. The molecule has 5 heteroatoms. The van der Waals surface area contributed by atoms with Gasteiger partial charge < -0.3 is 10.9 Å². The topological polar surface area (TPSA) is 23.5 Å². The third kappa shape index (κ3) is 5.56. The number of rotatable bonds is 4. The fourth-order valence-corrected chi connectivity index (χ4v) is 2.22. The van der Waals surface area contributed by atoms with E-state index in [0.29, 0.717) is 29.5 Å². The molecule has 0 aliphatic rings. The van der Waals surface area contributed by atoms with Crippen molar-refractivity contribution < 1.29 is 35.5 Å². The Bertz CT molecular complexity index is 486. The number of nitrogens with zero attached hydrogens (tertiary/aromatic N) is 1. The van der Waals surface area contributed by atoms with Crippen molar-refractivity contribution in [2.45, 2.75) is 13.1 Å². The summed E-state index contributed by atoms with van der Waals surface area (Å²) >= 11 is 5.84. The zero-order chi connectivity index (χ0) is 13.5. The summed E-state index contributed by atoms with van der Waals surface area (Å²) in [7, 11) is 0. The maximum atomic E-state index is 9.20. The molecular formula is C15H16NNaOS2. The number of thiocarbonyl (C=S) groups is 1. The van der Waals surface area contributed by atoms with E-state index in [0.717, 1.165) is 0 Å². The van der Waals surface area contributed by atoms with Gasteiger partial charge in [-0.05, 0) is 11.1 Å². The maximum Gasteiger partial charge on any atom is 1.00 e. The first-order chi connectivity index (χ1) is 9.29. The molecule has 2 aromatic rings. The molecule has 0 amide bonds. The van der Waals surface area contributed by atoms with Crippen LogP contribution in [-0.4, -0.2) is 13.8 Å². The SMILES string of the molecule is OSC(=S)N(Cc1ccccc1)Cc1ccccc1.[H-].[Na+]. The molecule has 100 valence electrons. The van der Waals surface area contributed by atoms with Gasteiger partial charge >= 0.3 is 29.6 Å². The van der Waals surface area contributed by atoms with Crippen LogP contribution in [-0.2, 0) is 13.1 Å². The van der Waals surface area contributed by atoms with Crippen LogP contribution in [0.15, 0.2) is 60.7 Å². The molecule has 2 nitrogen and oxygen atoms in total. The summed E-state index contributed by atoms with van der Waals surface area (Å²) in [6.45, 7) is 1.39. The molecule has 0 aliphatic heterocycles. The van der Waals surface area contributed by atoms with E-state index in [1.807, 2.05) is 41.3 Å². The van der Waals surface area contributed by atoms with E-state index in [1.54, 1.807) is 0 Å². The van der Waals surface area contributed by atoms with Crippen LogP contribution in [0.25, 0.3) is 0 Å². The predicted octanol–water partition coefficient (Wildman–Crippen LogP) is 1.30. The van der Waals surface area contributed by atoms with Gasteiger partial charge in [-0.3, -0.25) is 0 Å². The Morgan fingerprint density at radius 3 is 1.70 bits per heavy atom. The molecule has 0 unspecified atom stereocenters. The zero-order valence-electron chi connectivity index (χ0n) is 12.4. The summed E-state index contributed by atoms with van der Waals surface area (Å²) in [6.07, 6.45) is 0. The molecule has 0 aromatic heterocycles. The van der Waals surface area contributed by atoms with Crippen molar-refractivity contribution >= 4 is 28.6 Å². The van der Waals surface area contributed by atoms with Crippen LogP contribution >= 0.6 is 24.3 Å². The Balaban J connectivity index is 0.00000200. The van der Waals surface area contributed by atoms with Gasteiger partial charge in [0.1, 0.15) is 0 Å². The van der Waals surface area contributed by atoms with Gasteiger partial charge in [-0.1, -0.05) is 72.9 Å². The van der Waals surface area contributed by atoms with E-state index in [-0.39, 0.29) is 31.0 Å². The number of hydrogen-bond donors (Lipinski definition) is 1. The second-order valence-corrected chi connectivity index (χ2v) is 5.40. The minimum absolute atomic E-state index is 0. The molecule has 0 saturated heterocycles. The molecule has 20 heavy (non-hydrogen) atoms. The van der Waals surface area contributed by atoms with Crippen molar-refractivity contribution in [3.63, 3.8) is 0 Å². The van der Waals surface area contributed by atoms with Crippen LogP contribution < -0.4 is 29.6 Å². The van der Waals surface area contributed by atoms with Gasteiger partial charge in [-0.2, -0.15) is 0 Å². The summed E-state index contributed by atoms with van der Waals surface area (Å²) in [4.78, 5) is 1.99. The van der Waals surface area contributed by atoms with Gasteiger partial charge in [0.15, 0.2) is 4.32 Å². The Morgan fingerprint density at radius 2 is 1.35 bits per heavy atom. The van der Waals surface area contributed by atoms with Gasteiger partial charge in [0.25, 0.3) is 0 Å². The van der Waals surface area contributed by atoms with E-state index in [4.69, 9.17) is 12.2 Å². The minimum Gasteiger partial charge on any atom is -1.00 e. The fraction of sp³-hybridized carbons (Fsp3) is 0.133. The molecule has 2 rings (SSSR count).